The number of carbonyl (C=O) groups excluding carboxylic acids is 1. The summed E-state index contributed by atoms with van der Waals surface area (Å²) in [5, 5.41) is 6.61. The Bertz CT molecular complexity index is 529. The van der Waals surface area contributed by atoms with E-state index in [4.69, 9.17) is 0 Å². The number of anilines is 1. The molecular weight excluding hydrogens is 309 g/mol. The van der Waals surface area contributed by atoms with Crippen molar-refractivity contribution in [1.82, 2.24) is 14.7 Å². The van der Waals surface area contributed by atoms with Crippen LogP contribution < -0.4 is 5.32 Å². The number of nitrogens with zero attached hydrogens (tertiary/aromatic N) is 3. The van der Waals surface area contributed by atoms with Crippen molar-refractivity contribution >= 4 is 11.6 Å². The number of amides is 1. The van der Waals surface area contributed by atoms with Gasteiger partial charge in [0.1, 0.15) is 12.6 Å². The number of aromatic nitrogens is 2. The molecular formula is C15H23F3N4O. The molecule has 0 bridgehead atoms. The Morgan fingerprint density at radius 2 is 2.22 bits per heavy atom. The first kappa shape index (κ1) is 17.6. The molecule has 1 N–H and O–H groups in total. The molecule has 0 spiro atoms. The van der Waals surface area contributed by atoms with Gasteiger partial charge in [-0.2, -0.15) is 18.3 Å². The van der Waals surface area contributed by atoms with E-state index in [0.717, 1.165) is 36.9 Å². The van der Waals surface area contributed by atoms with E-state index < -0.39 is 18.8 Å². The molecule has 0 aromatic carbocycles. The normalized spacial score (nSPS) is 20.4. The maximum absolute atomic E-state index is 12.6. The van der Waals surface area contributed by atoms with Crippen molar-refractivity contribution in [3.8, 4) is 0 Å². The Morgan fingerprint density at radius 1 is 1.48 bits per heavy atom. The average Bonchev–Trinajstić information content (AvgIpc) is 2.91. The van der Waals surface area contributed by atoms with Gasteiger partial charge < -0.3 is 10.2 Å². The summed E-state index contributed by atoms with van der Waals surface area (Å²) in [4.78, 5) is 14.5. The number of nitrogens with one attached hydrogen (secondary N) is 1. The molecule has 1 saturated heterocycles. The summed E-state index contributed by atoms with van der Waals surface area (Å²) in [6.45, 7) is 3.40. The zero-order valence-corrected chi connectivity index (χ0v) is 13.4. The van der Waals surface area contributed by atoms with Gasteiger partial charge in [0.25, 0.3) is 0 Å². The monoisotopic (exact) mass is 332 g/mol. The fourth-order valence-corrected chi connectivity index (χ4v) is 2.98. The third-order valence-electron chi connectivity index (χ3n) is 4.11. The summed E-state index contributed by atoms with van der Waals surface area (Å²) in [6, 6.07) is -0.237. The van der Waals surface area contributed by atoms with Gasteiger partial charge in [0.05, 0.1) is 11.9 Å². The van der Waals surface area contributed by atoms with Gasteiger partial charge in [-0.25, -0.2) is 0 Å². The Morgan fingerprint density at radius 3 is 2.87 bits per heavy atom. The maximum atomic E-state index is 12.6. The third-order valence-corrected chi connectivity index (χ3v) is 4.11. The summed E-state index contributed by atoms with van der Waals surface area (Å²) < 4.78 is 37.8. The number of likely N-dealkylation sites (tertiary alicyclic amines) is 1. The molecule has 8 heteroatoms. The Balaban J connectivity index is 1.95. The van der Waals surface area contributed by atoms with Gasteiger partial charge in [0, 0.05) is 18.8 Å². The second-order valence-corrected chi connectivity index (χ2v) is 6.00. The molecule has 1 aliphatic heterocycles. The standard InChI is InChI=1S/C15H23F3N4O/c1-3-13-6-4-5-7-22(13)14(23)11(2)20-12-8-19-21(9-12)10-15(16,17)18/h8-9,11,13,20H,3-7,10H2,1-2H3/t11-,13-/m0/s1. The van der Waals surface area contributed by atoms with E-state index >= 15 is 0 Å². The number of alkyl halides is 3. The van der Waals surface area contributed by atoms with Crippen LogP contribution in [0.4, 0.5) is 18.9 Å². The molecule has 0 radical (unpaired) electrons. The second kappa shape index (κ2) is 7.23. The van der Waals surface area contributed by atoms with Crippen molar-refractivity contribution in [2.75, 3.05) is 11.9 Å². The molecule has 0 saturated carbocycles. The lowest BCUT2D eigenvalue weighted by Crippen LogP contribution is -2.49. The van der Waals surface area contributed by atoms with Crippen molar-refractivity contribution in [3.05, 3.63) is 12.4 Å². The van der Waals surface area contributed by atoms with Crippen LogP contribution in [0.2, 0.25) is 0 Å². The minimum atomic E-state index is -4.31. The molecule has 1 amide bonds. The molecule has 2 heterocycles. The smallest absolute Gasteiger partial charge is 0.371 e. The first-order valence-corrected chi connectivity index (χ1v) is 7.96. The molecule has 1 aliphatic rings. The van der Waals surface area contributed by atoms with Crippen LogP contribution in [0.15, 0.2) is 12.4 Å². The van der Waals surface area contributed by atoms with Crippen LogP contribution in [-0.2, 0) is 11.3 Å². The van der Waals surface area contributed by atoms with Gasteiger partial charge in [-0.15, -0.1) is 0 Å². The van der Waals surface area contributed by atoms with E-state index in [1.165, 1.54) is 12.4 Å². The lowest BCUT2D eigenvalue weighted by molar-refractivity contribution is -0.142. The van der Waals surface area contributed by atoms with Crippen LogP contribution >= 0.6 is 0 Å². The largest absolute Gasteiger partial charge is 0.408 e. The van der Waals surface area contributed by atoms with Gasteiger partial charge in [0.15, 0.2) is 0 Å². The van der Waals surface area contributed by atoms with Crippen LogP contribution in [0, 0.1) is 0 Å². The number of hydrogen-bond donors (Lipinski definition) is 1. The van der Waals surface area contributed by atoms with Crippen molar-refractivity contribution in [2.24, 2.45) is 0 Å². The van der Waals surface area contributed by atoms with Crippen molar-refractivity contribution in [1.29, 1.82) is 0 Å². The van der Waals surface area contributed by atoms with Gasteiger partial charge in [-0.1, -0.05) is 6.92 Å². The highest BCUT2D eigenvalue weighted by atomic mass is 19.4. The first-order valence-electron chi connectivity index (χ1n) is 7.96. The van der Waals surface area contributed by atoms with E-state index in [-0.39, 0.29) is 11.9 Å². The summed E-state index contributed by atoms with van der Waals surface area (Å²) in [7, 11) is 0. The molecule has 5 nitrogen and oxygen atoms in total. The molecule has 2 rings (SSSR count). The van der Waals surface area contributed by atoms with E-state index in [9.17, 15) is 18.0 Å². The number of halogens is 3. The number of piperidine rings is 1. The minimum Gasteiger partial charge on any atom is -0.371 e. The molecule has 1 fully saturated rings. The average molecular weight is 332 g/mol. The topological polar surface area (TPSA) is 50.2 Å². The van der Waals surface area contributed by atoms with E-state index in [2.05, 4.69) is 17.3 Å². The van der Waals surface area contributed by atoms with E-state index in [0.29, 0.717) is 5.69 Å². The third kappa shape index (κ3) is 4.87. The molecule has 0 unspecified atom stereocenters. The van der Waals surface area contributed by atoms with Crippen LogP contribution in [0.5, 0.6) is 0 Å². The second-order valence-electron chi connectivity index (χ2n) is 6.00. The van der Waals surface area contributed by atoms with Crippen molar-refractivity contribution < 1.29 is 18.0 Å². The predicted molar refractivity (Wildman–Crippen MR) is 81.0 cm³/mol. The number of carbonyl (C=O) groups is 1. The lowest BCUT2D eigenvalue weighted by Gasteiger charge is -2.37. The number of hydrogen-bond acceptors (Lipinski definition) is 3. The first-order chi connectivity index (χ1) is 10.8. The lowest BCUT2D eigenvalue weighted by atomic mass is 9.99. The molecule has 1 aromatic heterocycles. The summed E-state index contributed by atoms with van der Waals surface area (Å²) >= 11 is 0. The zero-order chi connectivity index (χ0) is 17.0. The molecule has 130 valence electrons. The van der Waals surface area contributed by atoms with Gasteiger partial charge in [0.2, 0.25) is 5.91 Å². The van der Waals surface area contributed by atoms with Crippen LogP contribution in [-0.4, -0.2) is 45.4 Å². The molecule has 0 aliphatic carbocycles. The SMILES string of the molecule is CC[C@H]1CCCCN1C(=O)[C@H](C)Nc1cnn(CC(F)(F)F)c1. The number of rotatable bonds is 5. The van der Waals surface area contributed by atoms with E-state index in [1.54, 1.807) is 6.92 Å². The fraction of sp³-hybridized carbons (Fsp3) is 0.733. The maximum Gasteiger partial charge on any atom is 0.408 e. The summed E-state index contributed by atoms with van der Waals surface area (Å²) in [6.07, 6.45) is 2.33. The molecule has 1 aromatic rings. The fourth-order valence-electron chi connectivity index (χ4n) is 2.98. The quantitative estimate of drug-likeness (QED) is 0.902. The summed E-state index contributed by atoms with van der Waals surface area (Å²) in [5.74, 6) is -0.0138. The Hall–Kier alpha value is -1.73. The van der Waals surface area contributed by atoms with Crippen LogP contribution in [0.25, 0.3) is 0 Å². The Labute approximate surface area is 133 Å². The van der Waals surface area contributed by atoms with Crippen LogP contribution in [0.3, 0.4) is 0 Å². The molecule has 23 heavy (non-hydrogen) atoms. The Kier molecular flexibility index (Phi) is 5.54. The highest BCUT2D eigenvalue weighted by Crippen LogP contribution is 2.22. The van der Waals surface area contributed by atoms with Gasteiger partial charge in [-0.3, -0.25) is 9.48 Å². The van der Waals surface area contributed by atoms with E-state index in [1.807, 2.05) is 4.90 Å². The highest BCUT2D eigenvalue weighted by Gasteiger charge is 2.30. The minimum absolute atomic E-state index is 0.0138. The summed E-state index contributed by atoms with van der Waals surface area (Å²) in [5.41, 5.74) is 0.417. The zero-order valence-electron chi connectivity index (χ0n) is 13.4. The van der Waals surface area contributed by atoms with Crippen molar-refractivity contribution in [3.63, 3.8) is 0 Å². The van der Waals surface area contributed by atoms with Crippen molar-refractivity contribution in [2.45, 2.75) is 64.3 Å². The predicted octanol–water partition coefficient (Wildman–Crippen LogP) is 3.04. The van der Waals surface area contributed by atoms with Gasteiger partial charge in [-0.05, 0) is 32.6 Å². The molecule has 2 atom stereocenters. The van der Waals surface area contributed by atoms with Gasteiger partial charge >= 0.3 is 6.18 Å². The van der Waals surface area contributed by atoms with Crippen LogP contribution in [0.1, 0.15) is 39.5 Å². The highest BCUT2D eigenvalue weighted by molar-refractivity contribution is 5.84.